The molecule has 0 aliphatic heterocycles. The third-order valence-corrected chi connectivity index (χ3v) is 7.11. The number of allylic oxidation sites excluding steroid dienone is 4. The lowest BCUT2D eigenvalue weighted by atomic mass is 9.95. The molecular formula is C28H23ClF6N4O2. The van der Waals surface area contributed by atoms with Crippen LogP contribution in [-0.4, -0.2) is 25.6 Å². The Morgan fingerprint density at radius 2 is 1.59 bits per heavy atom. The molecule has 1 atom stereocenters. The van der Waals surface area contributed by atoms with E-state index in [0.29, 0.717) is 17.8 Å². The van der Waals surface area contributed by atoms with Crippen molar-refractivity contribution in [1.82, 2.24) is 19.7 Å². The summed E-state index contributed by atoms with van der Waals surface area (Å²) in [6, 6.07) is 6.48. The van der Waals surface area contributed by atoms with E-state index in [-0.39, 0.29) is 22.5 Å². The second-order valence-corrected chi connectivity index (χ2v) is 10.4. The average Bonchev–Trinajstić information content (AvgIpc) is 3.70. The first-order chi connectivity index (χ1) is 19.3. The molecule has 1 fully saturated rings. The second kappa shape index (κ2) is 10.9. The van der Waals surface area contributed by atoms with Crippen LogP contribution in [-0.2, 0) is 23.7 Å². The Hall–Kier alpha value is -3.80. The third kappa shape index (κ3) is 6.42. The molecule has 1 N–H and O–H groups in total. The molecule has 0 spiro atoms. The Balaban J connectivity index is 1.48. The number of aromatic nitrogens is 3. The number of hydrogen-bond donors (Lipinski definition) is 1. The van der Waals surface area contributed by atoms with Crippen LogP contribution in [0.2, 0.25) is 0 Å². The highest BCUT2D eigenvalue weighted by atomic mass is 35.5. The van der Waals surface area contributed by atoms with E-state index in [1.165, 1.54) is 16.7 Å². The van der Waals surface area contributed by atoms with Crippen LogP contribution in [0.3, 0.4) is 0 Å². The normalized spacial score (nSPS) is 17.6. The van der Waals surface area contributed by atoms with Crippen LogP contribution in [0, 0.1) is 0 Å². The topological polar surface area (TPSA) is 68.9 Å². The Bertz CT molecular complexity index is 1530. The highest BCUT2D eigenvalue weighted by Gasteiger charge is 2.34. The van der Waals surface area contributed by atoms with Gasteiger partial charge in [-0.2, -0.15) is 26.3 Å². The lowest BCUT2D eigenvalue weighted by Gasteiger charge is -2.22. The van der Waals surface area contributed by atoms with E-state index in [4.69, 9.17) is 11.6 Å². The van der Waals surface area contributed by atoms with E-state index >= 15 is 0 Å². The number of carbonyl (C=O) groups is 1. The molecule has 0 bridgehead atoms. The summed E-state index contributed by atoms with van der Waals surface area (Å²) in [5.74, 6) is -0.467. The van der Waals surface area contributed by atoms with Crippen LogP contribution in [0.4, 0.5) is 26.3 Å². The minimum atomic E-state index is -4.72. The van der Waals surface area contributed by atoms with Crippen LogP contribution in [0.25, 0.3) is 5.57 Å². The smallest absolute Gasteiger partial charge is 0.344 e. The zero-order valence-electron chi connectivity index (χ0n) is 21.2. The van der Waals surface area contributed by atoms with Crippen molar-refractivity contribution < 1.29 is 31.1 Å². The van der Waals surface area contributed by atoms with Gasteiger partial charge in [0.15, 0.2) is 5.82 Å². The van der Waals surface area contributed by atoms with Gasteiger partial charge in [0.2, 0.25) is 5.91 Å². The summed E-state index contributed by atoms with van der Waals surface area (Å²) < 4.78 is 83.0. The number of amides is 1. The number of benzene rings is 2. The predicted octanol–water partition coefficient (Wildman–Crippen LogP) is 6.27. The quantitative estimate of drug-likeness (QED) is 0.258. The lowest BCUT2D eigenvalue weighted by Crippen LogP contribution is -2.36. The number of nitrogens with zero attached hydrogens (tertiary/aromatic N) is 3. The van der Waals surface area contributed by atoms with Gasteiger partial charge in [-0.25, -0.2) is 9.48 Å². The van der Waals surface area contributed by atoms with Crippen molar-refractivity contribution in [1.29, 1.82) is 0 Å². The minimum Gasteiger partial charge on any atom is -0.344 e. The Labute approximate surface area is 234 Å². The second-order valence-electron chi connectivity index (χ2n) is 9.88. The molecule has 1 amide bonds. The number of hydrogen-bond acceptors (Lipinski definition) is 3. The number of halogens is 7. The van der Waals surface area contributed by atoms with E-state index in [1.807, 2.05) is 6.08 Å². The first-order valence-corrected chi connectivity index (χ1v) is 13.1. The molecule has 1 unspecified atom stereocenters. The zero-order valence-corrected chi connectivity index (χ0v) is 22.0. The molecule has 0 saturated heterocycles. The number of alkyl halides is 7. The molecule has 6 nitrogen and oxygen atoms in total. The largest absolute Gasteiger partial charge is 0.416 e. The molecule has 2 aromatic carbocycles. The maximum absolute atomic E-state index is 13.4. The number of rotatable bonds is 7. The zero-order chi connectivity index (χ0) is 29.5. The molecule has 0 radical (unpaired) electrons. The SMILES string of the molecule is O=C(Cn1nc(C2=CCC(Cl)C=C2)n(C2CC2)c1=O)NC(c1cccc(C(F)(F)F)c1)c1cccc(C(F)(F)F)c1. The summed E-state index contributed by atoms with van der Waals surface area (Å²) in [5.41, 5.74) is -2.11. The van der Waals surface area contributed by atoms with Gasteiger partial charge in [0.05, 0.1) is 22.5 Å². The molecule has 1 aromatic heterocycles. The molecule has 1 saturated carbocycles. The Morgan fingerprint density at radius 3 is 2.07 bits per heavy atom. The molecule has 2 aliphatic carbocycles. The van der Waals surface area contributed by atoms with Crippen LogP contribution >= 0.6 is 11.6 Å². The molecule has 5 rings (SSSR count). The minimum absolute atomic E-state index is 0.0831. The van der Waals surface area contributed by atoms with E-state index in [1.54, 1.807) is 12.2 Å². The fourth-order valence-electron chi connectivity index (χ4n) is 4.63. The van der Waals surface area contributed by atoms with Gasteiger partial charge in [-0.15, -0.1) is 16.7 Å². The van der Waals surface area contributed by atoms with Gasteiger partial charge in [0, 0.05) is 11.6 Å². The van der Waals surface area contributed by atoms with E-state index < -0.39 is 47.7 Å². The van der Waals surface area contributed by atoms with Crippen LogP contribution in [0.15, 0.2) is 71.6 Å². The van der Waals surface area contributed by atoms with Gasteiger partial charge in [-0.1, -0.05) is 42.5 Å². The van der Waals surface area contributed by atoms with Gasteiger partial charge < -0.3 is 5.32 Å². The number of carbonyl (C=O) groups excluding carboxylic acids is 1. The highest BCUT2D eigenvalue weighted by molar-refractivity contribution is 6.22. The summed E-state index contributed by atoms with van der Waals surface area (Å²) in [4.78, 5) is 26.4. The maximum Gasteiger partial charge on any atom is 0.416 e. The van der Waals surface area contributed by atoms with Gasteiger partial charge >= 0.3 is 18.0 Å². The van der Waals surface area contributed by atoms with Crippen LogP contribution < -0.4 is 11.0 Å². The first-order valence-electron chi connectivity index (χ1n) is 12.7. The standard InChI is InChI=1S/C28H23ClF6N4O2/c29-21-9-7-16(8-10-21)25-37-38(26(41)39(25)22-11-12-22)15-23(40)36-24(17-3-1-5-19(13-17)27(30,31)32)18-4-2-6-20(14-18)28(33,34)35/h1-9,13-14,21-22,24H,10-12,15H2,(H,36,40). The van der Waals surface area contributed by atoms with Crippen molar-refractivity contribution in [2.75, 3.05) is 0 Å². The summed E-state index contributed by atoms with van der Waals surface area (Å²) in [6.07, 6.45) is -2.06. The lowest BCUT2D eigenvalue weighted by molar-refractivity contribution is -0.138. The van der Waals surface area contributed by atoms with Gasteiger partial charge in [-0.3, -0.25) is 9.36 Å². The number of nitrogens with one attached hydrogen (secondary N) is 1. The third-order valence-electron chi connectivity index (χ3n) is 6.78. The van der Waals surface area contributed by atoms with E-state index in [9.17, 15) is 35.9 Å². The van der Waals surface area contributed by atoms with Gasteiger partial charge in [0.1, 0.15) is 6.54 Å². The molecule has 1 heterocycles. The molecule has 216 valence electrons. The Kier molecular flexibility index (Phi) is 7.62. The molecule has 2 aliphatic rings. The summed E-state index contributed by atoms with van der Waals surface area (Å²) in [7, 11) is 0. The fraction of sp³-hybridized carbons (Fsp3) is 0.321. The predicted molar refractivity (Wildman–Crippen MR) is 139 cm³/mol. The van der Waals surface area contributed by atoms with Crippen molar-refractivity contribution in [3.63, 3.8) is 0 Å². The van der Waals surface area contributed by atoms with Gasteiger partial charge in [0.25, 0.3) is 0 Å². The van der Waals surface area contributed by atoms with Crippen LogP contribution in [0.5, 0.6) is 0 Å². The summed E-state index contributed by atoms with van der Waals surface area (Å²) in [5, 5.41) is 6.67. The molecule has 13 heteroatoms. The average molecular weight is 597 g/mol. The summed E-state index contributed by atoms with van der Waals surface area (Å²) >= 11 is 6.10. The van der Waals surface area contributed by atoms with Crippen molar-refractivity contribution in [2.45, 2.75) is 55.6 Å². The van der Waals surface area contributed by atoms with E-state index in [2.05, 4.69) is 10.4 Å². The molecule has 3 aromatic rings. The van der Waals surface area contributed by atoms with Crippen molar-refractivity contribution >= 4 is 23.1 Å². The van der Waals surface area contributed by atoms with Crippen molar-refractivity contribution in [3.8, 4) is 0 Å². The summed E-state index contributed by atoms with van der Waals surface area (Å²) in [6.45, 7) is -0.602. The highest BCUT2D eigenvalue weighted by Crippen LogP contribution is 2.37. The van der Waals surface area contributed by atoms with Crippen molar-refractivity contribution in [3.05, 3.63) is 105 Å². The maximum atomic E-state index is 13.4. The fourth-order valence-corrected chi connectivity index (χ4v) is 4.79. The molecule has 41 heavy (non-hydrogen) atoms. The van der Waals surface area contributed by atoms with Gasteiger partial charge in [-0.05, 0) is 54.7 Å². The van der Waals surface area contributed by atoms with Crippen LogP contribution in [0.1, 0.15) is 59.4 Å². The van der Waals surface area contributed by atoms with Crippen molar-refractivity contribution in [2.24, 2.45) is 0 Å². The van der Waals surface area contributed by atoms with E-state index in [0.717, 1.165) is 53.9 Å². The Morgan fingerprint density at radius 1 is 1.00 bits per heavy atom. The molecular weight excluding hydrogens is 574 g/mol. The first kappa shape index (κ1) is 28.7. The monoisotopic (exact) mass is 596 g/mol.